The second-order valence-electron chi connectivity index (χ2n) is 3.46. The van der Waals surface area contributed by atoms with Crippen LogP contribution in [-0.4, -0.2) is 18.8 Å². The van der Waals surface area contributed by atoms with E-state index in [1.165, 1.54) is 10.5 Å². The molecule has 0 radical (unpaired) electrons. The van der Waals surface area contributed by atoms with Crippen LogP contribution in [0.15, 0.2) is 29.2 Å². The summed E-state index contributed by atoms with van der Waals surface area (Å²) in [4.78, 5) is 1.31. The minimum atomic E-state index is 0.223. The van der Waals surface area contributed by atoms with Crippen LogP contribution in [0.3, 0.4) is 0 Å². The molecule has 0 amide bonds. The average molecular weight is 210 g/mol. The molecule has 0 fully saturated rings. The lowest BCUT2D eigenvalue weighted by atomic mass is 10.2. The van der Waals surface area contributed by atoms with Crippen molar-refractivity contribution in [1.29, 1.82) is 0 Å². The second kappa shape index (κ2) is 6.06. The molecule has 78 valence electrons. The van der Waals surface area contributed by atoms with Gasteiger partial charge < -0.3 is 11.1 Å². The van der Waals surface area contributed by atoms with Gasteiger partial charge in [-0.05, 0) is 30.9 Å². The summed E-state index contributed by atoms with van der Waals surface area (Å²) in [5, 5.41) is 3.31. The van der Waals surface area contributed by atoms with Gasteiger partial charge in [-0.2, -0.15) is 0 Å². The number of hydrogen-bond acceptors (Lipinski definition) is 3. The Morgan fingerprint density at radius 3 is 2.50 bits per heavy atom. The van der Waals surface area contributed by atoms with Gasteiger partial charge in [-0.3, -0.25) is 0 Å². The van der Waals surface area contributed by atoms with Crippen LogP contribution >= 0.6 is 11.8 Å². The first kappa shape index (κ1) is 11.6. The fraction of sp³-hybridized carbons (Fsp3) is 0.455. The molecular formula is C11H18N2S. The molecule has 0 saturated heterocycles. The number of rotatable bonds is 5. The highest BCUT2D eigenvalue weighted by atomic mass is 32.2. The number of benzene rings is 1. The first-order valence-electron chi connectivity index (χ1n) is 4.81. The Kier molecular flexibility index (Phi) is 5.01. The summed E-state index contributed by atoms with van der Waals surface area (Å²) in [5.74, 6) is 0. The molecule has 0 heterocycles. The molecule has 0 bridgehead atoms. The number of nitrogens with one attached hydrogen (secondary N) is 1. The number of nitrogens with two attached hydrogens (primary N) is 1. The van der Waals surface area contributed by atoms with Gasteiger partial charge in [-0.15, -0.1) is 11.8 Å². The zero-order valence-electron chi connectivity index (χ0n) is 8.79. The minimum absolute atomic E-state index is 0.223. The molecule has 0 aromatic heterocycles. The van der Waals surface area contributed by atoms with E-state index in [0.29, 0.717) is 0 Å². The van der Waals surface area contributed by atoms with Crippen molar-refractivity contribution in [3.05, 3.63) is 29.8 Å². The van der Waals surface area contributed by atoms with Gasteiger partial charge in [-0.25, -0.2) is 0 Å². The topological polar surface area (TPSA) is 38.0 Å². The van der Waals surface area contributed by atoms with Crippen LogP contribution in [-0.2, 0) is 6.54 Å². The maximum Gasteiger partial charge on any atom is 0.0206 e. The lowest BCUT2D eigenvalue weighted by Gasteiger charge is -2.07. The van der Waals surface area contributed by atoms with Crippen LogP contribution < -0.4 is 11.1 Å². The molecule has 3 heteroatoms. The molecule has 0 aliphatic heterocycles. The molecule has 1 rings (SSSR count). The first-order chi connectivity index (χ1) is 6.72. The van der Waals surface area contributed by atoms with E-state index in [2.05, 4.69) is 35.8 Å². The zero-order valence-corrected chi connectivity index (χ0v) is 9.60. The smallest absolute Gasteiger partial charge is 0.0206 e. The van der Waals surface area contributed by atoms with Gasteiger partial charge in [0.25, 0.3) is 0 Å². The molecule has 1 aromatic carbocycles. The van der Waals surface area contributed by atoms with Gasteiger partial charge in [-0.1, -0.05) is 12.1 Å². The van der Waals surface area contributed by atoms with Crippen molar-refractivity contribution >= 4 is 11.8 Å². The van der Waals surface area contributed by atoms with E-state index in [0.717, 1.165) is 13.1 Å². The Labute approximate surface area is 90.3 Å². The molecular weight excluding hydrogens is 192 g/mol. The summed E-state index contributed by atoms with van der Waals surface area (Å²) in [6, 6.07) is 8.82. The zero-order chi connectivity index (χ0) is 10.4. The average Bonchev–Trinajstić information content (AvgIpc) is 2.18. The maximum atomic E-state index is 5.64. The second-order valence-corrected chi connectivity index (χ2v) is 4.34. The summed E-state index contributed by atoms with van der Waals surface area (Å²) in [5.41, 5.74) is 6.95. The van der Waals surface area contributed by atoms with Gasteiger partial charge in [0.2, 0.25) is 0 Å². The fourth-order valence-corrected chi connectivity index (χ4v) is 1.60. The van der Waals surface area contributed by atoms with E-state index in [1.54, 1.807) is 11.8 Å². The van der Waals surface area contributed by atoms with Crippen molar-refractivity contribution in [1.82, 2.24) is 5.32 Å². The third-order valence-corrected chi connectivity index (χ3v) is 2.70. The SMILES string of the molecule is CSc1ccc(CNCC(C)N)cc1. The summed E-state index contributed by atoms with van der Waals surface area (Å²) in [7, 11) is 0. The van der Waals surface area contributed by atoms with Crippen LogP contribution in [0.5, 0.6) is 0 Å². The molecule has 1 aromatic rings. The Hall–Kier alpha value is -0.510. The molecule has 3 N–H and O–H groups in total. The van der Waals surface area contributed by atoms with Crippen LogP contribution in [0, 0.1) is 0 Å². The van der Waals surface area contributed by atoms with Gasteiger partial charge in [0.05, 0.1) is 0 Å². The highest BCUT2D eigenvalue weighted by Gasteiger charge is 1.95. The summed E-state index contributed by atoms with van der Waals surface area (Å²) in [6.45, 7) is 3.77. The molecule has 0 spiro atoms. The van der Waals surface area contributed by atoms with Crippen molar-refractivity contribution < 1.29 is 0 Å². The van der Waals surface area contributed by atoms with Gasteiger partial charge in [0.15, 0.2) is 0 Å². The van der Waals surface area contributed by atoms with E-state index in [1.807, 2.05) is 6.92 Å². The Morgan fingerprint density at radius 2 is 2.00 bits per heavy atom. The molecule has 1 unspecified atom stereocenters. The van der Waals surface area contributed by atoms with Crippen molar-refractivity contribution in [3.8, 4) is 0 Å². The van der Waals surface area contributed by atoms with Crippen molar-refractivity contribution in [2.45, 2.75) is 24.4 Å². The predicted molar refractivity (Wildman–Crippen MR) is 63.6 cm³/mol. The lowest BCUT2D eigenvalue weighted by molar-refractivity contribution is 0.608. The molecule has 0 aliphatic rings. The summed E-state index contributed by atoms with van der Waals surface area (Å²) in [6.07, 6.45) is 2.09. The van der Waals surface area contributed by atoms with E-state index in [9.17, 15) is 0 Å². The van der Waals surface area contributed by atoms with E-state index in [-0.39, 0.29) is 6.04 Å². The third kappa shape index (κ3) is 4.13. The largest absolute Gasteiger partial charge is 0.327 e. The van der Waals surface area contributed by atoms with Crippen molar-refractivity contribution in [2.24, 2.45) is 5.73 Å². The number of thioether (sulfide) groups is 1. The minimum Gasteiger partial charge on any atom is -0.327 e. The van der Waals surface area contributed by atoms with Crippen LogP contribution in [0.4, 0.5) is 0 Å². The molecule has 14 heavy (non-hydrogen) atoms. The highest BCUT2D eigenvalue weighted by Crippen LogP contribution is 2.14. The molecule has 2 nitrogen and oxygen atoms in total. The third-order valence-electron chi connectivity index (χ3n) is 1.95. The van der Waals surface area contributed by atoms with E-state index >= 15 is 0 Å². The van der Waals surface area contributed by atoms with Gasteiger partial charge >= 0.3 is 0 Å². The van der Waals surface area contributed by atoms with Crippen LogP contribution in [0.1, 0.15) is 12.5 Å². The molecule has 0 aliphatic carbocycles. The Morgan fingerprint density at radius 1 is 1.36 bits per heavy atom. The van der Waals surface area contributed by atoms with Gasteiger partial charge in [0.1, 0.15) is 0 Å². The maximum absolute atomic E-state index is 5.64. The molecule has 0 saturated carbocycles. The summed E-state index contributed by atoms with van der Waals surface area (Å²) >= 11 is 1.77. The fourth-order valence-electron chi connectivity index (χ4n) is 1.19. The van der Waals surface area contributed by atoms with Crippen molar-refractivity contribution in [3.63, 3.8) is 0 Å². The Balaban J connectivity index is 2.36. The highest BCUT2D eigenvalue weighted by molar-refractivity contribution is 7.98. The molecule has 1 atom stereocenters. The Bertz CT molecular complexity index is 256. The summed E-state index contributed by atoms with van der Waals surface area (Å²) < 4.78 is 0. The van der Waals surface area contributed by atoms with Crippen LogP contribution in [0.25, 0.3) is 0 Å². The first-order valence-corrected chi connectivity index (χ1v) is 6.04. The normalized spacial score (nSPS) is 12.8. The van der Waals surface area contributed by atoms with E-state index < -0.39 is 0 Å². The van der Waals surface area contributed by atoms with Gasteiger partial charge in [0, 0.05) is 24.0 Å². The number of hydrogen-bond donors (Lipinski definition) is 2. The quantitative estimate of drug-likeness (QED) is 0.728. The van der Waals surface area contributed by atoms with E-state index in [4.69, 9.17) is 5.73 Å². The lowest BCUT2D eigenvalue weighted by Crippen LogP contribution is -2.30. The van der Waals surface area contributed by atoms with Crippen molar-refractivity contribution in [2.75, 3.05) is 12.8 Å². The van der Waals surface area contributed by atoms with Crippen LogP contribution in [0.2, 0.25) is 0 Å². The monoisotopic (exact) mass is 210 g/mol. The predicted octanol–water partition coefficient (Wildman–Crippen LogP) is 1.85. The standard InChI is InChI=1S/C11H18N2S/c1-9(12)7-13-8-10-3-5-11(14-2)6-4-10/h3-6,9,13H,7-8,12H2,1-2H3.